The lowest BCUT2D eigenvalue weighted by Gasteiger charge is -2.06. The number of benzene rings is 1. The van der Waals surface area contributed by atoms with E-state index in [1.807, 2.05) is 13.0 Å². The second-order valence-electron chi connectivity index (χ2n) is 6.31. The third-order valence-electron chi connectivity index (χ3n) is 4.51. The maximum Gasteiger partial charge on any atom is 0.352 e. The Hall–Kier alpha value is -3.00. The van der Waals surface area contributed by atoms with Gasteiger partial charge in [0.1, 0.15) is 11.2 Å². The lowest BCUT2D eigenvalue weighted by atomic mass is 10.1. The van der Waals surface area contributed by atoms with Crippen LogP contribution in [-0.2, 0) is 13.1 Å². The molecule has 27 heavy (non-hydrogen) atoms. The minimum absolute atomic E-state index is 0.146. The quantitative estimate of drug-likeness (QED) is 0.480. The normalized spacial score (nSPS) is 11.4. The molecule has 0 fully saturated rings. The van der Waals surface area contributed by atoms with E-state index in [4.69, 9.17) is 0 Å². The average molecular weight is 382 g/mol. The lowest BCUT2D eigenvalue weighted by Crippen LogP contribution is -2.27. The molecule has 0 N–H and O–H groups in total. The number of ketones is 1. The van der Waals surface area contributed by atoms with Gasteiger partial charge in [-0.15, -0.1) is 16.4 Å². The molecule has 0 saturated heterocycles. The van der Waals surface area contributed by atoms with Gasteiger partial charge in [0.05, 0.1) is 5.52 Å². The number of thiophene rings is 1. The number of Topliss-reactive ketones (excluding diaryl/α,β-unsaturated/α-hetero) is 1. The van der Waals surface area contributed by atoms with Crippen molar-refractivity contribution in [2.24, 2.45) is 0 Å². The van der Waals surface area contributed by atoms with Crippen LogP contribution in [0.15, 0.2) is 51.4 Å². The highest BCUT2D eigenvalue weighted by atomic mass is 32.1. The number of hydrogen-bond donors (Lipinski definition) is 0. The van der Waals surface area contributed by atoms with Crippen molar-refractivity contribution in [2.75, 3.05) is 0 Å². The summed E-state index contributed by atoms with van der Waals surface area (Å²) in [4.78, 5) is 38.3. The summed E-state index contributed by atoms with van der Waals surface area (Å²) in [6, 6.07) is 10.5. The summed E-state index contributed by atoms with van der Waals surface area (Å²) in [7, 11) is 0. The standard InChI is InChI=1S/C19H18N4O3S/c1-2-3-10-21-17(25)16-14(9-11-27-16)23-18(21)20-22(19(23)26)12-15(24)13-7-5-4-6-8-13/h4-9,11H,2-3,10,12H2,1H3. The van der Waals surface area contributed by atoms with Crippen LogP contribution < -0.4 is 11.2 Å². The van der Waals surface area contributed by atoms with Crippen molar-refractivity contribution in [1.29, 1.82) is 0 Å². The minimum atomic E-state index is -0.414. The Morgan fingerprint density at radius 2 is 1.93 bits per heavy atom. The van der Waals surface area contributed by atoms with Gasteiger partial charge in [-0.1, -0.05) is 43.7 Å². The Kier molecular flexibility index (Phi) is 4.49. The molecule has 3 heterocycles. The van der Waals surface area contributed by atoms with Crippen LogP contribution in [0.4, 0.5) is 0 Å². The van der Waals surface area contributed by atoms with Crippen LogP contribution >= 0.6 is 11.3 Å². The number of hydrogen-bond acceptors (Lipinski definition) is 5. The average Bonchev–Trinajstić information content (AvgIpc) is 3.28. The van der Waals surface area contributed by atoms with Gasteiger partial charge in [-0.2, -0.15) is 0 Å². The number of rotatable bonds is 6. The second kappa shape index (κ2) is 6.96. The molecule has 0 spiro atoms. The first-order valence-electron chi connectivity index (χ1n) is 8.79. The van der Waals surface area contributed by atoms with Crippen molar-refractivity contribution >= 4 is 33.1 Å². The Morgan fingerprint density at radius 3 is 2.67 bits per heavy atom. The first-order chi connectivity index (χ1) is 13.1. The van der Waals surface area contributed by atoms with E-state index in [2.05, 4.69) is 5.10 Å². The zero-order valence-corrected chi connectivity index (χ0v) is 15.6. The van der Waals surface area contributed by atoms with Gasteiger partial charge in [-0.25, -0.2) is 13.9 Å². The van der Waals surface area contributed by atoms with Crippen molar-refractivity contribution in [3.63, 3.8) is 0 Å². The molecule has 4 rings (SSSR count). The molecule has 0 amide bonds. The highest BCUT2D eigenvalue weighted by molar-refractivity contribution is 7.17. The maximum atomic E-state index is 12.9. The Morgan fingerprint density at radius 1 is 1.15 bits per heavy atom. The Balaban J connectivity index is 1.89. The molecule has 138 valence electrons. The van der Waals surface area contributed by atoms with E-state index in [0.717, 1.165) is 17.5 Å². The molecular weight excluding hydrogens is 364 g/mol. The van der Waals surface area contributed by atoms with Crippen molar-refractivity contribution in [1.82, 2.24) is 18.7 Å². The predicted octanol–water partition coefficient (Wildman–Crippen LogP) is 2.56. The first kappa shape index (κ1) is 17.4. The zero-order valence-electron chi connectivity index (χ0n) is 14.8. The molecule has 1 aromatic carbocycles. The van der Waals surface area contributed by atoms with E-state index in [1.165, 1.54) is 20.3 Å². The number of fused-ring (bicyclic) bond motifs is 3. The SMILES string of the molecule is CCCCn1c(=O)c2sccc2n2c(=O)n(CC(=O)c3ccccc3)nc12. The molecule has 0 atom stereocenters. The Labute approximate surface area is 158 Å². The molecule has 7 nitrogen and oxygen atoms in total. The molecule has 4 aromatic rings. The fourth-order valence-corrected chi connectivity index (χ4v) is 3.93. The highest BCUT2D eigenvalue weighted by Gasteiger charge is 2.19. The molecule has 0 unspecified atom stereocenters. The monoisotopic (exact) mass is 382 g/mol. The molecule has 0 radical (unpaired) electrons. The minimum Gasteiger partial charge on any atom is -0.292 e. The molecule has 0 aliphatic carbocycles. The maximum absolute atomic E-state index is 12.9. The molecule has 0 bridgehead atoms. The summed E-state index contributed by atoms with van der Waals surface area (Å²) in [5.74, 6) is 0.0790. The van der Waals surface area contributed by atoms with E-state index in [1.54, 1.807) is 35.7 Å². The molecule has 0 aliphatic rings. The topological polar surface area (TPSA) is 78.4 Å². The van der Waals surface area contributed by atoms with Crippen LogP contribution in [-0.4, -0.2) is 24.5 Å². The number of carbonyl (C=O) groups excluding carboxylic acids is 1. The summed E-state index contributed by atoms with van der Waals surface area (Å²) in [5, 5.41) is 6.12. The third kappa shape index (κ3) is 2.91. The van der Waals surface area contributed by atoms with Gasteiger partial charge in [0.25, 0.3) is 5.56 Å². The fourth-order valence-electron chi connectivity index (χ4n) is 3.11. The summed E-state index contributed by atoms with van der Waals surface area (Å²) >= 11 is 1.31. The third-order valence-corrected chi connectivity index (χ3v) is 5.40. The van der Waals surface area contributed by atoms with Crippen molar-refractivity contribution in [3.8, 4) is 0 Å². The fraction of sp³-hybridized carbons (Fsp3) is 0.263. The van der Waals surface area contributed by atoms with Crippen LogP contribution in [0.2, 0.25) is 0 Å². The molecule has 0 saturated carbocycles. The molecule has 8 heteroatoms. The first-order valence-corrected chi connectivity index (χ1v) is 9.67. The molecular formula is C19H18N4O3S. The van der Waals surface area contributed by atoms with Gasteiger partial charge in [0.15, 0.2) is 5.78 Å². The second-order valence-corrected chi connectivity index (χ2v) is 7.23. The summed E-state index contributed by atoms with van der Waals surface area (Å²) in [6.45, 7) is 2.35. The van der Waals surface area contributed by atoms with Crippen LogP contribution in [0.1, 0.15) is 30.1 Å². The van der Waals surface area contributed by atoms with Crippen LogP contribution in [0.3, 0.4) is 0 Å². The summed E-state index contributed by atoms with van der Waals surface area (Å²) in [6.07, 6.45) is 1.72. The van der Waals surface area contributed by atoms with Gasteiger partial charge >= 0.3 is 5.69 Å². The van der Waals surface area contributed by atoms with Crippen LogP contribution in [0.25, 0.3) is 16.0 Å². The highest BCUT2D eigenvalue weighted by Crippen LogP contribution is 2.17. The molecule has 3 aromatic heterocycles. The number of unbranched alkanes of at least 4 members (excludes halogenated alkanes) is 1. The van der Waals surface area contributed by atoms with Crippen molar-refractivity contribution in [2.45, 2.75) is 32.9 Å². The Bertz CT molecular complexity index is 1250. The van der Waals surface area contributed by atoms with Crippen molar-refractivity contribution < 1.29 is 4.79 Å². The largest absolute Gasteiger partial charge is 0.352 e. The van der Waals surface area contributed by atoms with Crippen molar-refractivity contribution in [3.05, 3.63) is 68.2 Å². The lowest BCUT2D eigenvalue weighted by molar-refractivity contribution is 0.0966. The van der Waals surface area contributed by atoms with E-state index in [0.29, 0.717) is 22.3 Å². The summed E-state index contributed by atoms with van der Waals surface area (Å²) in [5.41, 5.74) is 0.497. The van der Waals surface area contributed by atoms with Crippen LogP contribution in [0.5, 0.6) is 0 Å². The van der Waals surface area contributed by atoms with E-state index < -0.39 is 5.69 Å². The number of aryl methyl sites for hydroxylation is 1. The number of carbonyl (C=O) groups is 1. The molecule has 0 aliphatic heterocycles. The van der Waals surface area contributed by atoms with Gasteiger partial charge in [-0.05, 0) is 17.9 Å². The van der Waals surface area contributed by atoms with Gasteiger partial charge in [-0.3, -0.25) is 14.2 Å². The number of nitrogens with zero attached hydrogens (tertiary/aromatic N) is 4. The van der Waals surface area contributed by atoms with Gasteiger partial charge < -0.3 is 0 Å². The summed E-state index contributed by atoms with van der Waals surface area (Å²) < 4.78 is 4.63. The van der Waals surface area contributed by atoms with Crippen LogP contribution in [0, 0.1) is 0 Å². The predicted molar refractivity (Wildman–Crippen MR) is 105 cm³/mol. The van der Waals surface area contributed by atoms with E-state index in [9.17, 15) is 14.4 Å². The van der Waals surface area contributed by atoms with Gasteiger partial charge in [0.2, 0.25) is 5.78 Å². The number of aromatic nitrogens is 4. The van der Waals surface area contributed by atoms with E-state index in [-0.39, 0.29) is 23.7 Å². The van der Waals surface area contributed by atoms with E-state index >= 15 is 0 Å². The van der Waals surface area contributed by atoms with Gasteiger partial charge in [0, 0.05) is 12.1 Å². The zero-order chi connectivity index (χ0) is 19.0. The smallest absolute Gasteiger partial charge is 0.292 e.